The third kappa shape index (κ3) is 15.1. The van der Waals surface area contributed by atoms with Gasteiger partial charge in [-0.05, 0) is 109 Å². The van der Waals surface area contributed by atoms with Gasteiger partial charge in [-0.2, -0.15) is 22.0 Å². The summed E-state index contributed by atoms with van der Waals surface area (Å²) < 4.78 is 82.6. The average Bonchev–Trinajstić information content (AvgIpc) is 3.30. The number of rotatable bonds is 18. The number of hydrogen-bond donors (Lipinski definition) is 4. The number of likely N-dealkylation sites (N-methyl/N-ethyl adjacent to an activating group) is 2. The van der Waals surface area contributed by atoms with Gasteiger partial charge in [-0.1, -0.05) is 127 Å². The fraction of sp³-hybridized carbons (Fsp3) is 0.269. The molecule has 65 heavy (non-hydrogen) atoms. The molecule has 6 aromatic carbocycles. The molecule has 0 saturated heterocycles. The van der Waals surface area contributed by atoms with E-state index in [1.807, 2.05) is 42.5 Å². The van der Waals surface area contributed by atoms with Crippen molar-refractivity contribution in [1.29, 1.82) is 0 Å². The van der Waals surface area contributed by atoms with Crippen molar-refractivity contribution in [1.82, 2.24) is 21.3 Å². The lowest BCUT2D eigenvalue weighted by atomic mass is 9.95. The van der Waals surface area contributed by atoms with E-state index in [0.717, 1.165) is 36.1 Å². The van der Waals surface area contributed by atoms with Gasteiger partial charge in [0.05, 0.1) is 5.56 Å². The number of alkyl halides is 5. The number of aryl methyl sites for hydroxylation is 4. The summed E-state index contributed by atoms with van der Waals surface area (Å²) in [6, 6.07) is 41.5. The molecule has 0 aliphatic carbocycles. The molecule has 4 atom stereocenters. The topological polar surface area (TPSA) is 91.5 Å². The van der Waals surface area contributed by atoms with E-state index in [2.05, 4.69) is 57.2 Å². The first kappa shape index (κ1) is 49.6. The van der Waals surface area contributed by atoms with Gasteiger partial charge in [-0.15, -0.1) is 0 Å². The summed E-state index contributed by atoms with van der Waals surface area (Å²) in [5, 5.41) is 12.2. The van der Waals surface area contributed by atoms with Gasteiger partial charge in [-0.3, -0.25) is 20.2 Å². The number of halogens is 6. The summed E-state index contributed by atoms with van der Waals surface area (Å²) in [6.07, 6.45) is -2.03. The fourth-order valence-electron chi connectivity index (χ4n) is 7.35. The second-order valence-electron chi connectivity index (χ2n) is 15.6. The van der Waals surface area contributed by atoms with Gasteiger partial charge in [0.2, 0.25) is 11.8 Å². The molecule has 0 unspecified atom stereocenters. The number of ether oxygens (including phenoxy) is 1. The van der Waals surface area contributed by atoms with Crippen LogP contribution in [-0.2, 0) is 28.6 Å². The Hall–Kier alpha value is -6.44. The van der Waals surface area contributed by atoms with Crippen LogP contribution < -0.4 is 26.0 Å². The van der Waals surface area contributed by atoms with E-state index >= 15 is 0 Å². The van der Waals surface area contributed by atoms with Gasteiger partial charge in [0, 0.05) is 26.2 Å². The van der Waals surface area contributed by atoms with Gasteiger partial charge in [-0.25, -0.2) is 4.39 Å². The van der Waals surface area contributed by atoms with Crippen molar-refractivity contribution in [2.75, 3.05) is 14.1 Å². The molecular formula is C52H54F6N4O3. The molecule has 0 aliphatic heterocycles. The molecule has 0 bridgehead atoms. The van der Waals surface area contributed by atoms with Crippen LogP contribution >= 0.6 is 0 Å². The molecule has 7 nitrogen and oxygen atoms in total. The Morgan fingerprint density at radius 1 is 0.569 bits per heavy atom. The van der Waals surface area contributed by atoms with Crippen LogP contribution in [0.2, 0.25) is 0 Å². The van der Waals surface area contributed by atoms with Crippen molar-refractivity contribution in [3.8, 4) is 5.75 Å². The van der Waals surface area contributed by atoms with Crippen LogP contribution in [0, 0.1) is 19.7 Å². The fourth-order valence-corrected chi connectivity index (χ4v) is 7.35. The van der Waals surface area contributed by atoms with Crippen LogP contribution in [0.5, 0.6) is 5.75 Å². The minimum atomic E-state index is -4.43. The van der Waals surface area contributed by atoms with Gasteiger partial charge < -0.3 is 15.4 Å². The Morgan fingerprint density at radius 2 is 1.03 bits per heavy atom. The van der Waals surface area contributed by atoms with E-state index in [1.165, 1.54) is 48.5 Å². The highest BCUT2D eigenvalue weighted by Crippen LogP contribution is 2.32. The summed E-state index contributed by atoms with van der Waals surface area (Å²) in [4.78, 5) is 25.4. The quantitative estimate of drug-likeness (QED) is 0.0645. The molecule has 2 amide bonds. The Labute approximate surface area is 376 Å². The lowest BCUT2D eigenvalue weighted by Crippen LogP contribution is -2.38. The highest BCUT2D eigenvalue weighted by Gasteiger charge is 2.30. The van der Waals surface area contributed by atoms with Crippen molar-refractivity contribution in [3.63, 3.8) is 0 Å². The summed E-state index contributed by atoms with van der Waals surface area (Å²) in [6.45, 7) is 0.846. The number of nitrogens with one attached hydrogen (secondary N) is 4. The number of amides is 2. The molecule has 6 rings (SSSR count). The third-order valence-electron chi connectivity index (χ3n) is 10.9. The predicted octanol–water partition coefficient (Wildman–Crippen LogP) is 11.3. The van der Waals surface area contributed by atoms with Crippen LogP contribution in [0.15, 0.2) is 152 Å². The zero-order valence-corrected chi connectivity index (χ0v) is 36.6. The van der Waals surface area contributed by atoms with Crippen LogP contribution in [-0.4, -0.2) is 32.5 Å². The highest BCUT2D eigenvalue weighted by atomic mass is 19.4. The Kier molecular flexibility index (Phi) is 18.3. The van der Waals surface area contributed by atoms with Gasteiger partial charge >= 0.3 is 12.8 Å². The largest absolute Gasteiger partial charge is 0.435 e. The minimum Gasteiger partial charge on any atom is -0.435 e. The van der Waals surface area contributed by atoms with Crippen LogP contribution in [0.4, 0.5) is 26.3 Å². The highest BCUT2D eigenvalue weighted by molar-refractivity contribution is 5.83. The lowest BCUT2D eigenvalue weighted by molar-refractivity contribution is -0.137. The smallest absolute Gasteiger partial charge is 0.416 e. The maximum absolute atomic E-state index is 13.9. The van der Waals surface area contributed by atoms with Crippen molar-refractivity contribution in [2.45, 2.75) is 76.5 Å². The number of carbonyl (C=O) groups is 2. The molecule has 0 spiro atoms. The summed E-state index contributed by atoms with van der Waals surface area (Å²) in [5.41, 5.74) is 6.17. The van der Waals surface area contributed by atoms with E-state index in [4.69, 9.17) is 0 Å². The molecule has 0 heterocycles. The molecule has 0 saturated carbocycles. The molecule has 0 fully saturated rings. The summed E-state index contributed by atoms with van der Waals surface area (Å²) >= 11 is 0. The van der Waals surface area contributed by atoms with Crippen LogP contribution in [0.3, 0.4) is 0 Å². The van der Waals surface area contributed by atoms with Crippen molar-refractivity contribution in [2.24, 2.45) is 0 Å². The average molecular weight is 897 g/mol. The molecule has 13 heteroatoms. The van der Waals surface area contributed by atoms with E-state index < -0.39 is 36.5 Å². The first-order valence-corrected chi connectivity index (χ1v) is 21.2. The molecule has 0 radical (unpaired) electrons. The molecule has 0 aliphatic rings. The molecule has 6 aromatic rings. The Balaban J connectivity index is 0.000000247. The lowest BCUT2D eigenvalue weighted by Gasteiger charge is -2.26. The van der Waals surface area contributed by atoms with Crippen molar-refractivity contribution in [3.05, 3.63) is 208 Å². The minimum absolute atomic E-state index is 0.0324. The molecule has 0 aromatic heterocycles. The second-order valence-corrected chi connectivity index (χ2v) is 15.6. The standard InChI is InChI=1S/C26H25F5N2O2.C26H29FN2O/c1-32-24(34)23(18-6-3-2-4-7-18)33-22(19-8-5-9-21(16-19)35-25(27)28)15-12-17-10-13-20(14-11-17)26(29,30)31;1-18-9-11-20(12-10-18)13-16-24(22-14-15-23(27)19(2)17-22)29-25(26(30)28-3)21-7-5-4-6-8-21/h2-11,13-14,16,22-23,25,33H,12,15H2,1H3,(H,32,34);4-12,14-15,17,24-25,29H,13,16H2,1-3H3,(H,28,30)/t22-,23-;24-,25+/m00/s1. The van der Waals surface area contributed by atoms with Crippen molar-refractivity contribution < 1.29 is 40.7 Å². The van der Waals surface area contributed by atoms with Gasteiger partial charge in [0.15, 0.2) is 0 Å². The molecule has 342 valence electrons. The molecular weight excluding hydrogens is 843 g/mol. The van der Waals surface area contributed by atoms with E-state index in [0.29, 0.717) is 35.1 Å². The molecule has 4 N–H and O–H groups in total. The van der Waals surface area contributed by atoms with Crippen LogP contribution in [0.25, 0.3) is 0 Å². The van der Waals surface area contributed by atoms with E-state index in [1.54, 1.807) is 56.4 Å². The Morgan fingerprint density at radius 3 is 1.48 bits per heavy atom. The number of benzene rings is 6. The summed E-state index contributed by atoms with van der Waals surface area (Å²) in [7, 11) is 3.15. The SMILES string of the molecule is CNC(=O)[C@@H](N[C@@H](CCc1ccc(C(F)(F)F)cc1)c1cccc(OC(F)F)c1)c1ccccc1.CNC(=O)[C@H](N[C@@H](CCc1ccc(C)cc1)c1ccc(F)c(C)c1)c1ccccc1. The van der Waals surface area contributed by atoms with Gasteiger partial charge in [0.25, 0.3) is 0 Å². The Bertz CT molecular complexity index is 2400. The second kappa shape index (κ2) is 24.0. The first-order chi connectivity index (χ1) is 31.1. The first-order valence-electron chi connectivity index (χ1n) is 21.2. The zero-order valence-electron chi connectivity index (χ0n) is 36.6. The normalized spacial score (nSPS) is 13.2. The van der Waals surface area contributed by atoms with Gasteiger partial charge in [0.1, 0.15) is 23.7 Å². The predicted molar refractivity (Wildman–Crippen MR) is 242 cm³/mol. The zero-order chi connectivity index (χ0) is 46.9. The number of hydrogen-bond acceptors (Lipinski definition) is 5. The van der Waals surface area contributed by atoms with E-state index in [9.17, 15) is 35.9 Å². The third-order valence-corrected chi connectivity index (χ3v) is 10.9. The number of carbonyl (C=O) groups excluding carboxylic acids is 2. The van der Waals surface area contributed by atoms with Crippen LogP contribution in [0.1, 0.15) is 87.1 Å². The van der Waals surface area contributed by atoms with Crippen molar-refractivity contribution >= 4 is 11.8 Å². The van der Waals surface area contributed by atoms with E-state index in [-0.39, 0.29) is 29.4 Å². The summed E-state index contributed by atoms with van der Waals surface area (Å²) in [5.74, 6) is -0.645. The monoisotopic (exact) mass is 896 g/mol. The maximum Gasteiger partial charge on any atom is 0.416 e. The maximum atomic E-state index is 13.9.